The number of benzene rings is 2. The van der Waals surface area contributed by atoms with Crippen molar-refractivity contribution < 1.29 is 24.6 Å². The van der Waals surface area contributed by atoms with Crippen LogP contribution in [0.2, 0.25) is 0 Å². The predicted molar refractivity (Wildman–Crippen MR) is 116 cm³/mol. The second kappa shape index (κ2) is 11.0. The van der Waals surface area contributed by atoms with Gasteiger partial charge < -0.3 is 26.6 Å². The maximum absolute atomic E-state index is 12.3. The van der Waals surface area contributed by atoms with Crippen LogP contribution in [0.4, 0.5) is 5.69 Å². The maximum Gasteiger partial charge on any atom is 0.251 e. The molecule has 0 heterocycles. The summed E-state index contributed by atoms with van der Waals surface area (Å²) in [6.07, 6.45) is -1.13. The minimum absolute atomic E-state index is 0.275. The summed E-state index contributed by atoms with van der Waals surface area (Å²) in [4.78, 5) is 35.5. The number of amides is 2. The van der Waals surface area contributed by atoms with Crippen molar-refractivity contribution >= 4 is 23.3 Å². The van der Waals surface area contributed by atoms with E-state index in [0.717, 1.165) is 5.56 Å². The van der Waals surface area contributed by atoms with E-state index < -0.39 is 36.5 Å². The van der Waals surface area contributed by atoms with Crippen LogP contribution in [0.1, 0.15) is 35.3 Å². The van der Waals surface area contributed by atoms with E-state index in [9.17, 15) is 19.5 Å². The number of aliphatic hydroxyl groups is 2. The SMILES string of the molecule is C[C@H](N)C(=O)Nc1ccc(C#Cc2ccc(C(=O)N[C@H](C(=O)CO)[C@H](C)O)cc2)cc1. The summed E-state index contributed by atoms with van der Waals surface area (Å²) in [5.74, 6) is 4.47. The summed E-state index contributed by atoms with van der Waals surface area (Å²) >= 11 is 0. The first kappa shape index (κ1) is 23.8. The van der Waals surface area contributed by atoms with Gasteiger partial charge in [-0.1, -0.05) is 11.8 Å². The van der Waals surface area contributed by atoms with Gasteiger partial charge in [0, 0.05) is 22.4 Å². The van der Waals surface area contributed by atoms with Gasteiger partial charge in [-0.2, -0.15) is 0 Å². The molecule has 0 saturated heterocycles. The Balaban J connectivity index is 2.03. The van der Waals surface area contributed by atoms with Crippen molar-refractivity contribution in [2.24, 2.45) is 5.73 Å². The topological polar surface area (TPSA) is 142 Å². The van der Waals surface area contributed by atoms with Crippen LogP contribution in [0.3, 0.4) is 0 Å². The molecule has 0 unspecified atom stereocenters. The van der Waals surface area contributed by atoms with Gasteiger partial charge in [0.2, 0.25) is 5.91 Å². The van der Waals surface area contributed by atoms with Crippen molar-refractivity contribution in [1.29, 1.82) is 0 Å². The minimum Gasteiger partial charge on any atom is -0.391 e. The van der Waals surface area contributed by atoms with Gasteiger partial charge in [-0.05, 0) is 62.4 Å². The van der Waals surface area contributed by atoms with Crippen molar-refractivity contribution in [2.45, 2.75) is 32.0 Å². The van der Waals surface area contributed by atoms with Crippen LogP contribution in [0.25, 0.3) is 0 Å². The molecule has 6 N–H and O–H groups in total. The van der Waals surface area contributed by atoms with Gasteiger partial charge in [0.05, 0.1) is 12.1 Å². The van der Waals surface area contributed by atoms with E-state index in [1.54, 1.807) is 55.5 Å². The molecule has 2 aromatic carbocycles. The maximum atomic E-state index is 12.3. The highest BCUT2D eigenvalue weighted by molar-refractivity contribution is 5.98. The van der Waals surface area contributed by atoms with Crippen molar-refractivity contribution in [3.63, 3.8) is 0 Å². The molecule has 0 aromatic heterocycles. The Hall–Kier alpha value is -3.51. The number of Topliss-reactive ketones (excluding diaryl/α,β-unsaturated/α-hetero) is 1. The van der Waals surface area contributed by atoms with Gasteiger partial charge in [-0.3, -0.25) is 14.4 Å². The monoisotopic (exact) mass is 423 g/mol. The van der Waals surface area contributed by atoms with Gasteiger partial charge in [0.25, 0.3) is 5.91 Å². The molecule has 162 valence electrons. The molecule has 8 heteroatoms. The Bertz CT molecular complexity index is 987. The Morgan fingerprint density at radius 1 is 0.968 bits per heavy atom. The molecule has 0 bridgehead atoms. The fraction of sp³-hybridized carbons (Fsp3) is 0.261. The molecule has 2 rings (SSSR count). The third kappa shape index (κ3) is 7.04. The van der Waals surface area contributed by atoms with Crippen molar-refractivity contribution in [3.05, 3.63) is 65.2 Å². The van der Waals surface area contributed by atoms with E-state index in [-0.39, 0.29) is 11.5 Å². The van der Waals surface area contributed by atoms with Gasteiger partial charge in [0.1, 0.15) is 12.6 Å². The number of nitrogens with one attached hydrogen (secondary N) is 2. The van der Waals surface area contributed by atoms with Crippen LogP contribution >= 0.6 is 0 Å². The van der Waals surface area contributed by atoms with Crippen molar-refractivity contribution in [3.8, 4) is 11.8 Å². The number of carbonyl (C=O) groups excluding carboxylic acids is 3. The first-order valence-corrected chi connectivity index (χ1v) is 9.62. The lowest BCUT2D eigenvalue weighted by molar-refractivity contribution is -0.126. The fourth-order valence-corrected chi connectivity index (χ4v) is 2.54. The number of nitrogens with two attached hydrogens (primary N) is 1. The van der Waals surface area contributed by atoms with Gasteiger partial charge in [-0.25, -0.2) is 0 Å². The largest absolute Gasteiger partial charge is 0.391 e. The molecular formula is C23H25N3O5. The molecule has 3 atom stereocenters. The first-order valence-electron chi connectivity index (χ1n) is 9.62. The molecule has 2 aromatic rings. The van der Waals surface area contributed by atoms with E-state index in [0.29, 0.717) is 11.3 Å². The highest BCUT2D eigenvalue weighted by atomic mass is 16.3. The molecule has 0 radical (unpaired) electrons. The number of anilines is 1. The zero-order valence-electron chi connectivity index (χ0n) is 17.3. The Morgan fingerprint density at radius 2 is 1.48 bits per heavy atom. The lowest BCUT2D eigenvalue weighted by atomic mass is 10.1. The zero-order valence-corrected chi connectivity index (χ0v) is 17.3. The van der Waals surface area contributed by atoms with Crippen molar-refractivity contribution in [1.82, 2.24) is 5.32 Å². The molecular weight excluding hydrogens is 398 g/mol. The molecule has 0 saturated carbocycles. The number of aliphatic hydroxyl groups excluding tert-OH is 2. The van der Waals surface area contributed by atoms with Gasteiger partial charge in [0.15, 0.2) is 5.78 Å². The van der Waals surface area contributed by atoms with E-state index in [1.807, 2.05) is 0 Å². The van der Waals surface area contributed by atoms with Crippen LogP contribution in [0.5, 0.6) is 0 Å². The second-order valence-corrected chi connectivity index (χ2v) is 7.00. The number of carbonyl (C=O) groups is 3. The molecule has 2 amide bonds. The van der Waals surface area contributed by atoms with E-state index in [2.05, 4.69) is 22.5 Å². The molecule has 31 heavy (non-hydrogen) atoms. The van der Waals surface area contributed by atoms with Crippen molar-refractivity contribution in [2.75, 3.05) is 11.9 Å². The number of rotatable bonds is 7. The van der Waals surface area contributed by atoms with E-state index >= 15 is 0 Å². The third-order valence-electron chi connectivity index (χ3n) is 4.34. The summed E-state index contributed by atoms with van der Waals surface area (Å²) in [6.45, 7) is 2.18. The van der Waals surface area contributed by atoms with Gasteiger partial charge >= 0.3 is 0 Å². The molecule has 0 aliphatic heterocycles. The van der Waals surface area contributed by atoms with Crippen LogP contribution < -0.4 is 16.4 Å². The number of hydrogen-bond acceptors (Lipinski definition) is 6. The Morgan fingerprint density at radius 3 is 1.94 bits per heavy atom. The summed E-state index contributed by atoms with van der Waals surface area (Å²) in [5.41, 5.74) is 7.84. The summed E-state index contributed by atoms with van der Waals surface area (Å²) < 4.78 is 0. The van der Waals surface area contributed by atoms with Gasteiger partial charge in [-0.15, -0.1) is 0 Å². The standard InChI is InChI=1S/C23H25N3O5/c1-14(24)22(30)25-19-11-7-17(8-12-19)4-3-16-5-9-18(10-6-16)23(31)26-21(15(2)28)20(29)13-27/h5-12,14-15,21,27-28H,13,24H2,1-2H3,(H,25,30)(H,26,31)/t14-,15-,21-/m0/s1. The predicted octanol–water partition coefficient (Wildman–Crippen LogP) is 0.413. The highest BCUT2D eigenvalue weighted by Crippen LogP contribution is 2.10. The average Bonchev–Trinajstić information content (AvgIpc) is 2.76. The van der Waals surface area contributed by atoms with Crippen LogP contribution in [-0.2, 0) is 9.59 Å². The first-order chi connectivity index (χ1) is 14.7. The average molecular weight is 423 g/mol. The zero-order chi connectivity index (χ0) is 23.0. The highest BCUT2D eigenvalue weighted by Gasteiger charge is 2.25. The minimum atomic E-state index is -1.18. The third-order valence-corrected chi connectivity index (χ3v) is 4.34. The Labute approximate surface area is 180 Å². The summed E-state index contributed by atoms with van der Waals surface area (Å²) in [7, 11) is 0. The summed E-state index contributed by atoms with van der Waals surface area (Å²) in [6, 6.07) is 11.6. The second-order valence-electron chi connectivity index (χ2n) is 7.00. The summed E-state index contributed by atoms with van der Waals surface area (Å²) in [5, 5.41) is 23.7. The number of hydrogen-bond donors (Lipinski definition) is 5. The lowest BCUT2D eigenvalue weighted by Crippen LogP contribution is -2.48. The molecule has 0 aliphatic carbocycles. The molecule has 8 nitrogen and oxygen atoms in total. The van der Waals surface area contributed by atoms with E-state index in [1.165, 1.54) is 6.92 Å². The van der Waals surface area contributed by atoms with E-state index in [4.69, 9.17) is 10.8 Å². The lowest BCUT2D eigenvalue weighted by Gasteiger charge is -2.19. The van der Waals surface area contributed by atoms with Crippen LogP contribution in [-0.4, -0.2) is 52.6 Å². The van der Waals surface area contributed by atoms with Crippen LogP contribution in [0.15, 0.2) is 48.5 Å². The quantitative estimate of drug-likeness (QED) is 0.409. The molecule has 0 spiro atoms. The smallest absolute Gasteiger partial charge is 0.251 e. The van der Waals surface area contributed by atoms with Crippen LogP contribution in [0, 0.1) is 11.8 Å². The molecule has 0 fully saturated rings. The Kier molecular flexibility index (Phi) is 8.46. The fourth-order valence-electron chi connectivity index (χ4n) is 2.54. The molecule has 0 aliphatic rings. The normalized spacial score (nSPS) is 13.2. The number of ketones is 1.